The van der Waals surface area contributed by atoms with Crippen LogP contribution < -0.4 is 5.32 Å². The molecule has 1 aliphatic rings. The quantitative estimate of drug-likeness (QED) is 0.882. The molecule has 1 aliphatic heterocycles. The first-order valence-electron chi connectivity index (χ1n) is 5.04. The minimum Gasteiger partial charge on any atom is -0.388 e. The molecule has 2 rings (SSSR count). The Morgan fingerprint density at radius 3 is 3.00 bits per heavy atom. The predicted octanol–water partition coefficient (Wildman–Crippen LogP) is 3.12. The van der Waals surface area contributed by atoms with E-state index in [1.165, 1.54) is 4.88 Å². The second-order valence-electron chi connectivity index (χ2n) is 3.96. The first kappa shape index (κ1) is 13.2. The van der Waals surface area contributed by atoms with Crippen LogP contribution in [0.4, 0.5) is 0 Å². The van der Waals surface area contributed by atoms with Gasteiger partial charge in [-0.3, -0.25) is 0 Å². The summed E-state index contributed by atoms with van der Waals surface area (Å²) in [5, 5.41) is 13.4. The van der Waals surface area contributed by atoms with E-state index in [1.54, 1.807) is 11.3 Å². The Hall–Kier alpha value is 0.740. The Morgan fingerprint density at radius 1 is 1.62 bits per heavy atom. The predicted molar refractivity (Wildman–Crippen MR) is 75.6 cm³/mol. The van der Waals surface area contributed by atoms with Crippen molar-refractivity contribution >= 4 is 50.6 Å². The topological polar surface area (TPSA) is 32.3 Å². The van der Waals surface area contributed by atoms with Gasteiger partial charge in [-0.15, -0.1) is 11.3 Å². The molecular formula is C10H13BrClNOS2. The fourth-order valence-corrected chi connectivity index (χ4v) is 4.69. The Labute approximate surface area is 117 Å². The standard InChI is InChI=1S/C10H13BrClNOS2/c11-8-3-7(16-9(8)12)4-13-5-10(14)1-2-15-6-10/h3,13-14H,1-2,4-6H2/t10-/m1/s1. The smallest absolute Gasteiger partial charge is 0.107 e. The normalized spacial score (nSPS) is 25.2. The van der Waals surface area contributed by atoms with Gasteiger partial charge in [0, 0.05) is 28.2 Å². The molecule has 6 heteroatoms. The molecule has 1 fully saturated rings. The molecule has 0 unspecified atom stereocenters. The van der Waals surface area contributed by atoms with Crippen molar-refractivity contribution in [2.45, 2.75) is 18.6 Å². The van der Waals surface area contributed by atoms with E-state index in [1.807, 2.05) is 17.8 Å². The maximum absolute atomic E-state index is 10.1. The van der Waals surface area contributed by atoms with E-state index >= 15 is 0 Å². The van der Waals surface area contributed by atoms with E-state index in [-0.39, 0.29) is 0 Å². The average Bonchev–Trinajstić information content (AvgIpc) is 2.76. The van der Waals surface area contributed by atoms with Crippen LogP contribution in [0.1, 0.15) is 11.3 Å². The second-order valence-corrected chi connectivity index (χ2v) is 7.66. The Bertz CT molecular complexity index is 346. The summed E-state index contributed by atoms with van der Waals surface area (Å²) in [6, 6.07) is 2.02. The van der Waals surface area contributed by atoms with Crippen molar-refractivity contribution in [2.24, 2.45) is 0 Å². The van der Waals surface area contributed by atoms with E-state index in [4.69, 9.17) is 11.6 Å². The first-order valence-corrected chi connectivity index (χ1v) is 8.18. The number of rotatable bonds is 4. The lowest BCUT2D eigenvalue weighted by molar-refractivity contribution is 0.0675. The van der Waals surface area contributed by atoms with Crippen LogP contribution in [0.3, 0.4) is 0 Å². The van der Waals surface area contributed by atoms with Crippen molar-refractivity contribution in [1.29, 1.82) is 0 Å². The Morgan fingerprint density at radius 2 is 2.44 bits per heavy atom. The van der Waals surface area contributed by atoms with Crippen LogP contribution in [0.15, 0.2) is 10.5 Å². The number of halogens is 2. The lowest BCUT2D eigenvalue weighted by Crippen LogP contribution is -2.40. The second kappa shape index (κ2) is 5.59. The zero-order valence-corrected chi connectivity index (χ0v) is 12.6. The molecule has 1 aromatic rings. The van der Waals surface area contributed by atoms with Gasteiger partial charge in [-0.25, -0.2) is 0 Å². The van der Waals surface area contributed by atoms with Gasteiger partial charge in [-0.2, -0.15) is 11.8 Å². The summed E-state index contributed by atoms with van der Waals surface area (Å²) in [6.07, 6.45) is 0.888. The number of nitrogens with one attached hydrogen (secondary N) is 1. The molecule has 2 N–H and O–H groups in total. The van der Waals surface area contributed by atoms with Crippen LogP contribution in [0, 0.1) is 0 Å². The van der Waals surface area contributed by atoms with E-state index in [0.717, 1.165) is 33.3 Å². The zero-order valence-electron chi connectivity index (χ0n) is 8.63. The van der Waals surface area contributed by atoms with Gasteiger partial charge in [-0.1, -0.05) is 11.6 Å². The molecule has 0 aliphatic carbocycles. The van der Waals surface area contributed by atoms with Crippen LogP contribution in [0.5, 0.6) is 0 Å². The molecule has 0 amide bonds. The number of aliphatic hydroxyl groups is 1. The van der Waals surface area contributed by atoms with Crippen LogP contribution >= 0.6 is 50.6 Å². The molecule has 0 radical (unpaired) electrons. The van der Waals surface area contributed by atoms with E-state index in [0.29, 0.717) is 6.54 Å². The molecule has 0 bridgehead atoms. The van der Waals surface area contributed by atoms with E-state index in [9.17, 15) is 5.11 Å². The minimum absolute atomic E-state index is 0.511. The first-order chi connectivity index (χ1) is 7.59. The van der Waals surface area contributed by atoms with Crippen molar-refractivity contribution < 1.29 is 5.11 Å². The van der Waals surface area contributed by atoms with Crippen LogP contribution in [0.2, 0.25) is 4.34 Å². The van der Waals surface area contributed by atoms with E-state index in [2.05, 4.69) is 21.2 Å². The van der Waals surface area contributed by atoms with Gasteiger partial charge >= 0.3 is 0 Å². The van der Waals surface area contributed by atoms with Gasteiger partial charge in [0.05, 0.1) is 5.60 Å². The molecule has 1 aromatic heterocycles. The van der Waals surface area contributed by atoms with Crippen molar-refractivity contribution in [1.82, 2.24) is 5.32 Å². The third-order valence-corrected chi connectivity index (χ3v) is 6.24. The lowest BCUT2D eigenvalue weighted by atomic mass is 10.0. The molecule has 16 heavy (non-hydrogen) atoms. The maximum atomic E-state index is 10.1. The fourth-order valence-electron chi connectivity index (χ4n) is 1.63. The molecule has 2 heterocycles. The van der Waals surface area contributed by atoms with Crippen LogP contribution in [0.25, 0.3) is 0 Å². The zero-order chi connectivity index (χ0) is 11.6. The summed E-state index contributed by atoms with van der Waals surface area (Å²) < 4.78 is 1.73. The van der Waals surface area contributed by atoms with Gasteiger partial charge in [0.2, 0.25) is 0 Å². The summed E-state index contributed by atoms with van der Waals surface area (Å²) in [7, 11) is 0. The van der Waals surface area contributed by atoms with Gasteiger partial charge in [0.1, 0.15) is 4.34 Å². The summed E-state index contributed by atoms with van der Waals surface area (Å²) in [6.45, 7) is 1.43. The van der Waals surface area contributed by atoms with Gasteiger partial charge < -0.3 is 10.4 Å². The van der Waals surface area contributed by atoms with E-state index < -0.39 is 5.60 Å². The third kappa shape index (κ3) is 3.37. The third-order valence-electron chi connectivity index (χ3n) is 2.53. The lowest BCUT2D eigenvalue weighted by Gasteiger charge is -2.21. The van der Waals surface area contributed by atoms with Gasteiger partial charge in [0.15, 0.2) is 0 Å². The highest BCUT2D eigenvalue weighted by Gasteiger charge is 2.30. The molecule has 1 atom stereocenters. The van der Waals surface area contributed by atoms with Crippen LogP contribution in [-0.2, 0) is 6.54 Å². The largest absolute Gasteiger partial charge is 0.388 e. The molecule has 2 nitrogen and oxygen atoms in total. The average molecular weight is 343 g/mol. The summed E-state index contributed by atoms with van der Waals surface area (Å²) in [5.41, 5.74) is -0.511. The van der Waals surface area contributed by atoms with Crippen molar-refractivity contribution in [3.05, 3.63) is 19.8 Å². The summed E-state index contributed by atoms with van der Waals surface area (Å²) >= 11 is 12.7. The van der Waals surface area contributed by atoms with Crippen molar-refractivity contribution in [2.75, 3.05) is 18.1 Å². The fraction of sp³-hybridized carbons (Fsp3) is 0.600. The number of thiophene rings is 1. The highest BCUT2D eigenvalue weighted by molar-refractivity contribution is 9.10. The number of hydrogen-bond donors (Lipinski definition) is 2. The highest BCUT2D eigenvalue weighted by Crippen LogP contribution is 2.32. The SMILES string of the molecule is O[C@@]1(CNCc2cc(Br)c(Cl)s2)CCSC1. The summed E-state index contributed by atoms with van der Waals surface area (Å²) in [5.74, 6) is 1.91. The Balaban J connectivity index is 1.79. The van der Waals surface area contributed by atoms with Gasteiger partial charge in [0.25, 0.3) is 0 Å². The Kier molecular flexibility index (Phi) is 4.60. The molecule has 0 saturated carbocycles. The molecule has 0 spiro atoms. The van der Waals surface area contributed by atoms with Crippen molar-refractivity contribution in [3.8, 4) is 0 Å². The number of thioether (sulfide) groups is 1. The molecule has 90 valence electrons. The molecule has 0 aromatic carbocycles. The van der Waals surface area contributed by atoms with Crippen molar-refractivity contribution in [3.63, 3.8) is 0 Å². The molecular weight excluding hydrogens is 330 g/mol. The summed E-state index contributed by atoms with van der Waals surface area (Å²) in [4.78, 5) is 1.19. The highest BCUT2D eigenvalue weighted by atomic mass is 79.9. The molecule has 1 saturated heterocycles. The minimum atomic E-state index is -0.511. The van der Waals surface area contributed by atoms with Crippen LogP contribution in [-0.4, -0.2) is 28.8 Å². The monoisotopic (exact) mass is 341 g/mol. The van der Waals surface area contributed by atoms with Gasteiger partial charge in [-0.05, 0) is 34.2 Å². The maximum Gasteiger partial charge on any atom is 0.107 e. The number of hydrogen-bond acceptors (Lipinski definition) is 4.